The summed E-state index contributed by atoms with van der Waals surface area (Å²) < 4.78 is 12.6. The predicted octanol–water partition coefficient (Wildman–Crippen LogP) is 1.60. The van der Waals surface area contributed by atoms with E-state index in [-0.39, 0.29) is 11.9 Å². The normalized spacial score (nSPS) is 20.5. The number of aliphatic hydroxyl groups excluding tert-OH is 1. The zero-order valence-electron chi connectivity index (χ0n) is 7.86. The van der Waals surface area contributed by atoms with E-state index in [1.165, 1.54) is 12.1 Å². The van der Waals surface area contributed by atoms with E-state index in [0.717, 1.165) is 18.4 Å². The van der Waals surface area contributed by atoms with Crippen LogP contribution in [0, 0.1) is 11.7 Å². The Hall–Kier alpha value is -0.930. The minimum Gasteiger partial charge on any atom is -0.391 e. The second-order valence-corrected chi connectivity index (χ2v) is 3.91. The highest BCUT2D eigenvalue weighted by atomic mass is 19.1. The van der Waals surface area contributed by atoms with Crippen molar-refractivity contribution in [1.29, 1.82) is 0 Å². The molecule has 3 N–H and O–H groups in total. The highest BCUT2D eigenvalue weighted by molar-refractivity contribution is 5.21. The summed E-state index contributed by atoms with van der Waals surface area (Å²) in [6.45, 7) is 0. The lowest BCUT2D eigenvalue weighted by molar-refractivity contribution is 0.122. The molecule has 1 saturated carbocycles. The van der Waals surface area contributed by atoms with Crippen molar-refractivity contribution in [3.8, 4) is 0 Å². The van der Waals surface area contributed by atoms with Gasteiger partial charge in [-0.3, -0.25) is 0 Å². The molecule has 1 aromatic rings. The van der Waals surface area contributed by atoms with Gasteiger partial charge in [-0.15, -0.1) is 0 Å². The third kappa shape index (κ3) is 1.94. The summed E-state index contributed by atoms with van der Waals surface area (Å²) in [5, 5.41) is 9.76. The molecule has 0 aromatic heterocycles. The van der Waals surface area contributed by atoms with E-state index < -0.39 is 6.10 Å². The average Bonchev–Trinajstić information content (AvgIpc) is 3.00. The van der Waals surface area contributed by atoms with Gasteiger partial charge in [0.2, 0.25) is 0 Å². The van der Waals surface area contributed by atoms with E-state index in [9.17, 15) is 9.50 Å². The standard InChI is InChI=1S/C11H14FNO/c12-9-5-3-7(4-6-9)10(13)11(14)8-1-2-8/h3-6,8,10-11,14H,1-2,13H2. The molecular weight excluding hydrogens is 181 g/mol. The van der Waals surface area contributed by atoms with E-state index in [4.69, 9.17) is 5.73 Å². The summed E-state index contributed by atoms with van der Waals surface area (Å²) in [4.78, 5) is 0. The van der Waals surface area contributed by atoms with Crippen LogP contribution in [0.15, 0.2) is 24.3 Å². The van der Waals surface area contributed by atoms with Crippen LogP contribution in [0.3, 0.4) is 0 Å². The molecule has 2 rings (SSSR count). The zero-order chi connectivity index (χ0) is 10.1. The molecule has 1 aliphatic carbocycles. The van der Waals surface area contributed by atoms with Crippen LogP contribution >= 0.6 is 0 Å². The maximum atomic E-state index is 12.6. The fraction of sp³-hybridized carbons (Fsp3) is 0.455. The van der Waals surface area contributed by atoms with Crippen LogP contribution in [0.5, 0.6) is 0 Å². The molecule has 2 nitrogen and oxygen atoms in total. The molecule has 0 amide bonds. The van der Waals surface area contributed by atoms with Crippen LogP contribution in [-0.4, -0.2) is 11.2 Å². The second-order valence-electron chi connectivity index (χ2n) is 3.91. The Kier molecular flexibility index (Phi) is 2.52. The van der Waals surface area contributed by atoms with Crippen molar-refractivity contribution >= 4 is 0 Å². The van der Waals surface area contributed by atoms with Crippen LogP contribution in [0.1, 0.15) is 24.4 Å². The molecule has 1 aromatic carbocycles. The molecule has 1 aliphatic rings. The average molecular weight is 195 g/mol. The summed E-state index contributed by atoms with van der Waals surface area (Å²) in [5.41, 5.74) is 6.65. The van der Waals surface area contributed by atoms with Crippen LogP contribution in [0.25, 0.3) is 0 Å². The largest absolute Gasteiger partial charge is 0.391 e. The van der Waals surface area contributed by atoms with Gasteiger partial charge in [-0.05, 0) is 36.5 Å². The number of benzene rings is 1. The fourth-order valence-electron chi connectivity index (χ4n) is 1.61. The Balaban J connectivity index is 2.09. The zero-order valence-corrected chi connectivity index (χ0v) is 7.86. The molecule has 1 fully saturated rings. The van der Waals surface area contributed by atoms with Gasteiger partial charge in [0.1, 0.15) is 5.82 Å². The van der Waals surface area contributed by atoms with E-state index >= 15 is 0 Å². The molecule has 0 heterocycles. The second kappa shape index (κ2) is 3.67. The number of aliphatic hydroxyl groups is 1. The topological polar surface area (TPSA) is 46.2 Å². The van der Waals surface area contributed by atoms with E-state index in [0.29, 0.717) is 5.92 Å². The van der Waals surface area contributed by atoms with Gasteiger partial charge < -0.3 is 10.8 Å². The third-order valence-electron chi connectivity index (χ3n) is 2.73. The number of hydrogen-bond donors (Lipinski definition) is 2. The number of rotatable bonds is 3. The van der Waals surface area contributed by atoms with Crippen molar-refractivity contribution in [3.05, 3.63) is 35.6 Å². The summed E-state index contributed by atoms with van der Waals surface area (Å²) in [7, 11) is 0. The molecule has 0 radical (unpaired) electrons. The fourth-order valence-corrected chi connectivity index (χ4v) is 1.61. The van der Waals surface area contributed by atoms with Crippen LogP contribution in [0.2, 0.25) is 0 Å². The van der Waals surface area contributed by atoms with Crippen LogP contribution in [0.4, 0.5) is 4.39 Å². The number of nitrogens with two attached hydrogens (primary N) is 1. The predicted molar refractivity (Wildman–Crippen MR) is 52.1 cm³/mol. The van der Waals surface area contributed by atoms with Crippen LogP contribution in [-0.2, 0) is 0 Å². The molecule has 2 atom stereocenters. The number of halogens is 1. The monoisotopic (exact) mass is 195 g/mol. The third-order valence-corrected chi connectivity index (χ3v) is 2.73. The molecule has 3 heteroatoms. The van der Waals surface area contributed by atoms with E-state index in [1.54, 1.807) is 12.1 Å². The quantitative estimate of drug-likeness (QED) is 0.769. The molecular formula is C11H14FNO. The maximum absolute atomic E-state index is 12.6. The first-order valence-electron chi connectivity index (χ1n) is 4.87. The molecule has 76 valence electrons. The molecule has 0 bridgehead atoms. The minimum atomic E-state index is -0.486. The first-order valence-corrected chi connectivity index (χ1v) is 4.87. The van der Waals surface area contributed by atoms with Gasteiger partial charge in [0, 0.05) is 0 Å². The first-order chi connectivity index (χ1) is 6.68. The lowest BCUT2D eigenvalue weighted by Crippen LogP contribution is -2.27. The SMILES string of the molecule is NC(c1ccc(F)cc1)C(O)C1CC1. The molecule has 0 spiro atoms. The van der Waals surface area contributed by atoms with Gasteiger partial charge in [0.15, 0.2) is 0 Å². The summed E-state index contributed by atoms with van der Waals surface area (Å²) >= 11 is 0. The van der Waals surface area contributed by atoms with Crippen molar-refractivity contribution in [2.45, 2.75) is 25.0 Å². The lowest BCUT2D eigenvalue weighted by Gasteiger charge is -2.18. The van der Waals surface area contributed by atoms with Gasteiger partial charge in [-0.25, -0.2) is 4.39 Å². The van der Waals surface area contributed by atoms with Crippen molar-refractivity contribution in [1.82, 2.24) is 0 Å². The number of hydrogen-bond acceptors (Lipinski definition) is 2. The lowest BCUT2D eigenvalue weighted by atomic mass is 9.99. The van der Waals surface area contributed by atoms with Crippen LogP contribution < -0.4 is 5.73 Å². The first kappa shape index (κ1) is 9.62. The van der Waals surface area contributed by atoms with Crippen molar-refractivity contribution in [3.63, 3.8) is 0 Å². The van der Waals surface area contributed by atoms with Crippen molar-refractivity contribution in [2.75, 3.05) is 0 Å². The van der Waals surface area contributed by atoms with Gasteiger partial charge in [-0.1, -0.05) is 12.1 Å². The van der Waals surface area contributed by atoms with Crippen molar-refractivity contribution < 1.29 is 9.50 Å². The molecule has 2 unspecified atom stereocenters. The Labute approximate surface area is 82.5 Å². The van der Waals surface area contributed by atoms with E-state index in [1.807, 2.05) is 0 Å². The summed E-state index contributed by atoms with van der Waals surface area (Å²) in [6.07, 6.45) is 1.62. The van der Waals surface area contributed by atoms with Crippen molar-refractivity contribution in [2.24, 2.45) is 11.7 Å². The van der Waals surface area contributed by atoms with Gasteiger partial charge in [0.05, 0.1) is 12.1 Å². The molecule has 0 aliphatic heterocycles. The van der Waals surface area contributed by atoms with Gasteiger partial charge in [0.25, 0.3) is 0 Å². The summed E-state index contributed by atoms with van der Waals surface area (Å²) in [6, 6.07) is 5.61. The minimum absolute atomic E-state index is 0.276. The Morgan fingerprint density at radius 1 is 1.29 bits per heavy atom. The highest BCUT2D eigenvalue weighted by Crippen LogP contribution is 2.37. The Morgan fingerprint density at radius 3 is 2.36 bits per heavy atom. The Bertz CT molecular complexity index is 308. The van der Waals surface area contributed by atoms with E-state index in [2.05, 4.69) is 0 Å². The summed E-state index contributed by atoms with van der Waals surface area (Å²) in [5.74, 6) is 0.0666. The smallest absolute Gasteiger partial charge is 0.123 e. The molecule has 14 heavy (non-hydrogen) atoms. The highest BCUT2D eigenvalue weighted by Gasteiger charge is 2.34. The van der Waals surface area contributed by atoms with Gasteiger partial charge >= 0.3 is 0 Å². The Morgan fingerprint density at radius 2 is 1.86 bits per heavy atom. The molecule has 0 saturated heterocycles. The maximum Gasteiger partial charge on any atom is 0.123 e. The van der Waals surface area contributed by atoms with Gasteiger partial charge in [-0.2, -0.15) is 0 Å².